The predicted octanol–water partition coefficient (Wildman–Crippen LogP) is 4.94. The average Bonchev–Trinajstić information content (AvgIpc) is 2.69. The zero-order valence-corrected chi connectivity index (χ0v) is 18.3. The van der Waals surface area contributed by atoms with Gasteiger partial charge in [-0.1, -0.05) is 91.0 Å². The molecule has 0 amide bonds. The SMILES string of the molecule is CC(C)N(P(c1ccccc1)c1ccccc1)P(c1ccccc1)N(C)C. The van der Waals surface area contributed by atoms with Crippen molar-refractivity contribution in [2.75, 3.05) is 14.1 Å². The first kappa shape index (κ1) is 20.2. The van der Waals surface area contributed by atoms with Crippen molar-refractivity contribution >= 4 is 32.2 Å². The molecule has 3 aromatic rings. The fourth-order valence-corrected chi connectivity index (χ4v) is 9.32. The van der Waals surface area contributed by atoms with Gasteiger partial charge in [-0.05, 0) is 38.6 Å². The van der Waals surface area contributed by atoms with Crippen LogP contribution in [0.5, 0.6) is 0 Å². The van der Waals surface area contributed by atoms with Crippen LogP contribution in [0.15, 0.2) is 91.0 Å². The molecule has 0 N–H and O–H groups in total. The Bertz CT molecular complexity index is 768. The van der Waals surface area contributed by atoms with Gasteiger partial charge in [-0.15, -0.1) is 0 Å². The highest BCUT2D eigenvalue weighted by molar-refractivity contribution is 7.80. The summed E-state index contributed by atoms with van der Waals surface area (Å²) in [5, 5.41) is 4.20. The van der Waals surface area contributed by atoms with E-state index in [1.54, 1.807) is 0 Å². The van der Waals surface area contributed by atoms with E-state index in [1.165, 1.54) is 15.9 Å². The maximum absolute atomic E-state index is 2.74. The van der Waals surface area contributed by atoms with Crippen molar-refractivity contribution in [2.24, 2.45) is 0 Å². The third-order valence-electron chi connectivity index (χ3n) is 4.23. The minimum Gasteiger partial charge on any atom is -0.272 e. The lowest BCUT2D eigenvalue weighted by atomic mass is 10.4. The van der Waals surface area contributed by atoms with E-state index in [2.05, 4.69) is 128 Å². The van der Waals surface area contributed by atoms with E-state index in [9.17, 15) is 0 Å². The maximum atomic E-state index is 2.74. The molecule has 1 atom stereocenters. The van der Waals surface area contributed by atoms with E-state index in [1.807, 2.05) is 0 Å². The number of nitrogens with zero attached hydrogens (tertiary/aromatic N) is 2. The Morgan fingerprint density at radius 1 is 0.593 bits per heavy atom. The molecule has 0 saturated heterocycles. The van der Waals surface area contributed by atoms with Gasteiger partial charge in [0.2, 0.25) is 0 Å². The molecular weight excluding hydrogens is 366 g/mol. The second-order valence-electron chi connectivity index (χ2n) is 6.87. The first-order valence-corrected chi connectivity index (χ1v) is 11.9. The molecule has 3 rings (SSSR count). The fourth-order valence-electron chi connectivity index (χ4n) is 3.15. The Morgan fingerprint density at radius 2 is 0.963 bits per heavy atom. The molecule has 140 valence electrons. The van der Waals surface area contributed by atoms with Crippen LogP contribution in [0, 0.1) is 0 Å². The topological polar surface area (TPSA) is 6.48 Å². The quantitative estimate of drug-likeness (QED) is 0.524. The van der Waals surface area contributed by atoms with Crippen LogP contribution in [-0.4, -0.2) is 29.2 Å². The molecule has 0 aliphatic heterocycles. The molecule has 0 fully saturated rings. The Kier molecular flexibility index (Phi) is 7.16. The molecule has 0 aliphatic carbocycles. The third kappa shape index (κ3) is 4.84. The summed E-state index contributed by atoms with van der Waals surface area (Å²) in [5.41, 5.74) is 0. The summed E-state index contributed by atoms with van der Waals surface area (Å²) in [6.07, 6.45) is 0. The third-order valence-corrected chi connectivity index (χ3v) is 10.1. The van der Waals surface area contributed by atoms with Gasteiger partial charge in [0, 0.05) is 19.4 Å². The van der Waals surface area contributed by atoms with Gasteiger partial charge in [0.05, 0.1) is 8.22 Å². The van der Waals surface area contributed by atoms with Crippen LogP contribution >= 0.6 is 16.3 Å². The summed E-state index contributed by atoms with van der Waals surface area (Å²) in [5.74, 6) is 0. The Morgan fingerprint density at radius 3 is 1.30 bits per heavy atom. The van der Waals surface area contributed by atoms with E-state index in [-0.39, 0.29) is 0 Å². The van der Waals surface area contributed by atoms with Crippen molar-refractivity contribution in [1.29, 1.82) is 0 Å². The predicted molar refractivity (Wildman–Crippen MR) is 123 cm³/mol. The molecule has 0 bridgehead atoms. The van der Waals surface area contributed by atoms with Crippen molar-refractivity contribution in [1.82, 2.24) is 9.11 Å². The highest BCUT2D eigenvalue weighted by Gasteiger charge is 2.33. The zero-order chi connectivity index (χ0) is 19.2. The molecule has 4 heteroatoms. The van der Waals surface area contributed by atoms with Crippen LogP contribution in [-0.2, 0) is 0 Å². The molecule has 0 aromatic heterocycles. The zero-order valence-electron chi connectivity index (χ0n) is 16.5. The minimum absolute atomic E-state index is 0.422. The molecular formula is C23H28N2P2. The van der Waals surface area contributed by atoms with E-state index in [4.69, 9.17) is 0 Å². The van der Waals surface area contributed by atoms with E-state index < -0.39 is 16.3 Å². The van der Waals surface area contributed by atoms with Crippen molar-refractivity contribution in [3.63, 3.8) is 0 Å². The molecule has 0 spiro atoms. The largest absolute Gasteiger partial charge is 0.272 e. The lowest BCUT2D eigenvalue weighted by Crippen LogP contribution is -2.36. The second kappa shape index (κ2) is 9.58. The molecule has 27 heavy (non-hydrogen) atoms. The first-order chi connectivity index (χ1) is 13.1. The van der Waals surface area contributed by atoms with Crippen LogP contribution < -0.4 is 15.9 Å². The molecule has 0 heterocycles. The van der Waals surface area contributed by atoms with Crippen LogP contribution in [0.2, 0.25) is 0 Å². The highest BCUT2D eigenvalue weighted by atomic mass is 31.2. The molecule has 0 saturated carbocycles. The minimum atomic E-state index is -0.629. The van der Waals surface area contributed by atoms with Crippen molar-refractivity contribution < 1.29 is 0 Å². The van der Waals surface area contributed by atoms with E-state index in [0.29, 0.717) is 6.04 Å². The van der Waals surface area contributed by atoms with E-state index in [0.717, 1.165) is 0 Å². The van der Waals surface area contributed by atoms with Crippen LogP contribution in [0.4, 0.5) is 0 Å². The van der Waals surface area contributed by atoms with Gasteiger partial charge in [0.1, 0.15) is 0 Å². The average molecular weight is 394 g/mol. The summed E-state index contributed by atoms with van der Waals surface area (Å²) in [6, 6.07) is 33.3. The summed E-state index contributed by atoms with van der Waals surface area (Å²) in [6.45, 7) is 4.64. The molecule has 3 aromatic carbocycles. The molecule has 1 unspecified atom stereocenters. The Balaban J connectivity index is 2.16. The number of rotatable bonds is 7. The van der Waals surface area contributed by atoms with Gasteiger partial charge in [0.15, 0.2) is 0 Å². The van der Waals surface area contributed by atoms with Crippen LogP contribution in [0.25, 0.3) is 0 Å². The highest BCUT2D eigenvalue weighted by Crippen LogP contribution is 2.57. The van der Waals surface area contributed by atoms with Gasteiger partial charge in [-0.2, -0.15) is 0 Å². The fraction of sp³-hybridized carbons (Fsp3) is 0.217. The molecule has 0 radical (unpaired) electrons. The monoisotopic (exact) mass is 394 g/mol. The van der Waals surface area contributed by atoms with Crippen molar-refractivity contribution in [3.05, 3.63) is 91.0 Å². The molecule has 0 aliphatic rings. The smallest absolute Gasteiger partial charge is 0.0764 e. The maximum Gasteiger partial charge on any atom is 0.0764 e. The van der Waals surface area contributed by atoms with Crippen molar-refractivity contribution in [3.8, 4) is 0 Å². The van der Waals surface area contributed by atoms with Crippen LogP contribution in [0.1, 0.15) is 13.8 Å². The summed E-state index contributed by atoms with van der Waals surface area (Å²) >= 11 is 0. The van der Waals surface area contributed by atoms with Gasteiger partial charge in [-0.3, -0.25) is 4.67 Å². The van der Waals surface area contributed by atoms with Gasteiger partial charge in [-0.25, -0.2) is 4.44 Å². The lowest BCUT2D eigenvalue weighted by molar-refractivity contribution is 0.536. The Labute approximate surface area is 166 Å². The summed E-state index contributed by atoms with van der Waals surface area (Å²) in [4.78, 5) is 0. The van der Waals surface area contributed by atoms with Crippen molar-refractivity contribution in [2.45, 2.75) is 19.9 Å². The van der Waals surface area contributed by atoms with Gasteiger partial charge < -0.3 is 0 Å². The first-order valence-electron chi connectivity index (χ1n) is 9.31. The van der Waals surface area contributed by atoms with Crippen LogP contribution in [0.3, 0.4) is 0 Å². The number of benzene rings is 3. The normalized spacial score (nSPS) is 12.9. The van der Waals surface area contributed by atoms with Gasteiger partial charge in [0.25, 0.3) is 0 Å². The van der Waals surface area contributed by atoms with Gasteiger partial charge >= 0.3 is 0 Å². The number of hydrogen-bond donors (Lipinski definition) is 0. The number of hydrogen-bond acceptors (Lipinski definition) is 2. The van der Waals surface area contributed by atoms with E-state index >= 15 is 0 Å². The lowest BCUT2D eigenvalue weighted by Gasteiger charge is -2.43. The standard InChI is InChI=1S/C23H28N2P2/c1-20(2)25(27(24(3)4)23-18-12-7-13-19-23)26(21-14-8-5-9-15-21)22-16-10-6-11-17-22/h5-20H,1-4H3. The Hall–Kier alpha value is -1.56. The summed E-state index contributed by atoms with van der Waals surface area (Å²) in [7, 11) is 3.17. The summed E-state index contributed by atoms with van der Waals surface area (Å²) < 4.78 is 5.14. The second-order valence-corrected chi connectivity index (χ2v) is 11.6. The molecule has 2 nitrogen and oxygen atoms in total.